The number of aliphatic hydroxyl groups is 1. The third-order valence-electron chi connectivity index (χ3n) is 13.7. The summed E-state index contributed by atoms with van der Waals surface area (Å²) in [6.07, 6.45) is 36.7. The molecule has 0 aromatic heterocycles. The molecule has 330 valence electrons. The Bertz CT molecular complexity index is 919. The Morgan fingerprint density at radius 1 is 0.518 bits per heavy atom. The molecule has 1 spiro atoms. The van der Waals surface area contributed by atoms with Crippen molar-refractivity contribution in [3.63, 3.8) is 0 Å². The zero-order valence-electron chi connectivity index (χ0n) is 37.8. The van der Waals surface area contributed by atoms with Crippen LogP contribution < -0.4 is 0 Å². The number of rotatable bonds is 36. The molecule has 2 fully saturated rings. The number of aliphatic hydroxyl groups excluding tert-OH is 1. The van der Waals surface area contributed by atoms with E-state index in [1.807, 2.05) is 0 Å². The van der Waals surface area contributed by atoms with Crippen LogP contribution in [0.5, 0.6) is 0 Å². The first kappa shape index (κ1) is 51.0. The highest BCUT2D eigenvalue weighted by atomic mass is 16.5. The van der Waals surface area contributed by atoms with Crippen LogP contribution in [0.3, 0.4) is 0 Å². The monoisotopic (exact) mass is 791 g/mol. The minimum absolute atomic E-state index is 0.0804. The van der Waals surface area contributed by atoms with E-state index >= 15 is 0 Å². The van der Waals surface area contributed by atoms with Crippen LogP contribution in [0.25, 0.3) is 0 Å². The Morgan fingerprint density at radius 3 is 1.43 bits per heavy atom. The topological polar surface area (TPSA) is 79.3 Å². The SMILES string of the molecule is CCCCCCCCCCCCCCCC(=O)OCC(COC(=O)CCC(CCCC)C(CCCC)CCCC)N1CCC2(CCN(CCCCO)CC2)CC1. The second-order valence-electron chi connectivity index (χ2n) is 18.3. The molecule has 0 bridgehead atoms. The summed E-state index contributed by atoms with van der Waals surface area (Å²) < 4.78 is 12.0. The molecule has 7 nitrogen and oxygen atoms in total. The van der Waals surface area contributed by atoms with Crippen LogP contribution in [-0.4, -0.2) is 85.4 Å². The van der Waals surface area contributed by atoms with Gasteiger partial charge in [-0.05, 0) is 101 Å². The zero-order valence-corrected chi connectivity index (χ0v) is 37.8. The van der Waals surface area contributed by atoms with Gasteiger partial charge < -0.3 is 19.5 Å². The van der Waals surface area contributed by atoms with Gasteiger partial charge in [0.15, 0.2) is 0 Å². The number of esters is 2. The van der Waals surface area contributed by atoms with E-state index in [0.717, 1.165) is 77.7 Å². The number of carbonyl (C=O) groups excluding carboxylic acids is 2. The smallest absolute Gasteiger partial charge is 0.305 e. The summed E-state index contributed by atoms with van der Waals surface area (Å²) >= 11 is 0. The third kappa shape index (κ3) is 23.4. The van der Waals surface area contributed by atoms with E-state index in [-0.39, 0.29) is 24.6 Å². The maximum Gasteiger partial charge on any atom is 0.305 e. The molecule has 2 aliphatic rings. The van der Waals surface area contributed by atoms with E-state index in [1.54, 1.807) is 0 Å². The first-order valence-corrected chi connectivity index (χ1v) is 24.8. The predicted octanol–water partition coefficient (Wildman–Crippen LogP) is 12.5. The fourth-order valence-corrected chi connectivity index (χ4v) is 9.56. The van der Waals surface area contributed by atoms with Crippen LogP contribution in [0.15, 0.2) is 0 Å². The van der Waals surface area contributed by atoms with Gasteiger partial charge in [-0.15, -0.1) is 0 Å². The minimum atomic E-state index is -0.101. The molecule has 56 heavy (non-hydrogen) atoms. The number of unbranched alkanes of at least 4 members (excludes halogenated alkanes) is 16. The summed E-state index contributed by atoms with van der Waals surface area (Å²) in [7, 11) is 0. The summed E-state index contributed by atoms with van der Waals surface area (Å²) in [5.41, 5.74) is 0.399. The first-order valence-electron chi connectivity index (χ1n) is 24.8. The van der Waals surface area contributed by atoms with Gasteiger partial charge in [-0.1, -0.05) is 163 Å². The number of hydrogen-bond acceptors (Lipinski definition) is 7. The summed E-state index contributed by atoms with van der Waals surface area (Å²) in [5, 5.41) is 9.19. The van der Waals surface area contributed by atoms with Gasteiger partial charge in [0, 0.05) is 19.4 Å². The maximum absolute atomic E-state index is 13.3. The van der Waals surface area contributed by atoms with Gasteiger partial charge in [-0.2, -0.15) is 0 Å². The Labute approximate surface area is 347 Å². The highest BCUT2D eigenvalue weighted by Gasteiger charge is 2.39. The van der Waals surface area contributed by atoms with Crippen LogP contribution in [0, 0.1) is 17.3 Å². The average molecular weight is 791 g/mol. The van der Waals surface area contributed by atoms with Crippen LogP contribution in [-0.2, 0) is 19.1 Å². The zero-order chi connectivity index (χ0) is 40.5. The van der Waals surface area contributed by atoms with E-state index in [4.69, 9.17) is 9.47 Å². The van der Waals surface area contributed by atoms with Crippen molar-refractivity contribution >= 4 is 11.9 Å². The molecule has 0 radical (unpaired) electrons. The standard InChI is InChI=1S/C49H94N2O5/c1-5-9-13-14-15-16-17-18-19-20-21-22-23-29-47(53)55-42-46(51-39-34-49(35-40-51)32-37-50(38-33-49)36-24-25-41-52)43-56-48(54)31-30-45(28-12-8-4)44(26-10-6-2)27-11-7-3/h44-46,52H,5-43H2,1-4H3. The van der Waals surface area contributed by atoms with Crippen molar-refractivity contribution in [2.24, 2.45) is 17.3 Å². The van der Waals surface area contributed by atoms with Gasteiger partial charge in [-0.3, -0.25) is 14.5 Å². The lowest BCUT2D eigenvalue weighted by Crippen LogP contribution is -2.51. The van der Waals surface area contributed by atoms with Crippen molar-refractivity contribution in [2.45, 2.75) is 233 Å². The lowest BCUT2D eigenvalue weighted by molar-refractivity contribution is -0.151. The van der Waals surface area contributed by atoms with Crippen molar-refractivity contribution in [3.8, 4) is 0 Å². The molecule has 7 heteroatoms. The maximum atomic E-state index is 13.3. The molecular weight excluding hydrogens is 697 g/mol. The molecule has 2 atom stereocenters. The lowest BCUT2D eigenvalue weighted by Gasteiger charge is -2.48. The Hall–Kier alpha value is -1.18. The van der Waals surface area contributed by atoms with Gasteiger partial charge in [-0.25, -0.2) is 0 Å². The van der Waals surface area contributed by atoms with E-state index < -0.39 is 0 Å². The molecule has 0 aromatic rings. The quantitative estimate of drug-likeness (QED) is 0.0500. The summed E-state index contributed by atoms with van der Waals surface area (Å²) in [4.78, 5) is 31.3. The van der Waals surface area contributed by atoms with Gasteiger partial charge >= 0.3 is 11.9 Å². The van der Waals surface area contributed by atoms with E-state index in [9.17, 15) is 14.7 Å². The Morgan fingerprint density at radius 2 is 0.946 bits per heavy atom. The molecular formula is C49H94N2O5. The highest BCUT2D eigenvalue weighted by molar-refractivity contribution is 5.69. The molecule has 0 amide bonds. The molecule has 2 heterocycles. The van der Waals surface area contributed by atoms with E-state index in [0.29, 0.717) is 43.3 Å². The predicted molar refractivity (Wildman–Crippen MR) is 236 cm³/mol. The van der Waals surface area contributed by atoms with Crippen molar-refractivity contribution in [2.75, 3.05) is 52.5 Å². The number of ether oxygens (including phenoxy) is 2. The van der Waals surface area contributed by atoms with Crippen molar-refractivity contribution in [1.29, 1.82) is 0 Å². The van der Waals surface area contributed by atoms with Gasteiger partial charge in [0.2, 0.25) is 0 Å². The molecule has 1 N–H and O–H groups in total. The number of nitrogens with zero attached hydrogens (tertiary/aromatic N) is 2. The molecule has 0 aliphatic carbocycles. The Kier molecular flexibility index (Phi) is 30.6. The van der Waals surface area contributed by atoms with Gasteiger partial charge in [0.1, 0.15) is 13.2 Å². The van der Waals surface area contributed by atoms with Gasteiger partial charge in [0.25, 0.3) is 0 Å². The van der Waals surface area contributed by atoms with Crippen LogP contribution in [0.1, 0.15) is 227 Å². The molecule has 2 rings (SSSR count). The average Bonchev–Trinajstić information content (AvgIpc) is 3.21. The van der Waals surface area contributed by atoms with E-state index in [1.165, 1.54) is 141 Å². The molecule has 0 saturated carbocycles. The fraction of sp³-hybridized carbons (Fsp3) is 0.959. The summed E-state index contributed by atoms with van der Waals surface area (Å²) in [6.45, 7) is 15.4. The lowest BCUT2D eigenvalue weighted by atomic mass is 9.71. The molecule has 0 aromatic carbocycles. The molecule has 2 saturated heterocycles. The number of piperidine rings is 2. The van der Waals surface area contributed by atoms with Crippen molar-refractivity contribution < 1.29 is 24.2 Å². The Balaban J connectivity index is 1.85. The normalized spacial score (nSPS) is 17.4. The number of likely N-dealkylation sites (tertiary alicyclic amines) is 2. The fourth-order valence-electron chi connectivity index (χ4n) is 9.56. The van der Waals surface area contributed by atoms with Crippen LogP contribution in [0.4, 0.5) is 0 Å². The summed E-state index contributed by atoms with van der Waals surface area (Å²) in [5.74, 6) is 1.13. The van der Waals surface area contributed by atoms with Crippen molar-refractivity contribution in [3.05, 3.63) is 0 Å². The second kappa shape index (κ2) is 33.6. The van der Waals surface area contributed by atoms with Crippen LogP contribution >= 0.6 is 0 Å². The first-order chi connectivity index (χ1) is 27.4. The molecule has 2 unspecified atom stereocenters. The largest absolute Gasteiger partial charge is 0.464 e. The number of carbonyl (C=O) groups is 2. The molecule has 2 aliphatic heterocycles. The van der Waals surface area contributed by atoms with Crippen LogP contribution in [0.2, 0.25) is 0 Å². The van der Waals surface area contributed by atoms with E-state index in [2.05, 4.69) is 37.5 Å². The van der Waals surface area contributed by atoms with Crippen molar-refractivity contribution in [1.82, 2.24) is 9.80 Å². The number of hydrogen-bond donors (Lipinski definition) is 1. The highest BCUT2D eigenvalue weighted by Crippen LogP contribution is 2.42. The third-order valence-corrected chi connectivity index (χ3v) is 13.7. The second-order valence-corrected chi connectivity index (χ2v) is 18.3. The van der Waals surface area contributed by atoms with Gasteiger partial charge in [0.05, 0.1) is 6.04 Å². The summed E-state index contributed by atoms with van der Waals surface area (Å²) in [6, 6.07) is -0.0804. The minimum Gasteiger partial charge on any atom is -0.464 e.